The monoisotopic (exact) mass is 465 g/mol. The van der Waals surface area contributed by atoms with Crippen molar-refractivity contribution < 1.29 is 18.0 Å². The van der Waals surface area contributed by atoms with E-state index in [0.29, 0.717) is 23.7 Å². The van der Waals surface area contributed by atoms with Crippen LogP contribution in [0.3, 0.4) is 0 Å². The van der Waals surface area contributed by atoms with Crippen molar-refractivity contribution >= 4 is 39.1 Å². The lowest BCUT2D eigenvalue weighted by Gasteiger charge is -2.32. The summed E-state index contributed by atoms with van der Waals surface area (Å²) in [7, 11) is -3.72. The molecule has 0 saturated heterocycles. The number of rotatable bonds is 10. The number of nitrogens with one attached hydrogen (secondary N) is 1. The second kappa shape index (κ2) is 11.2. The van der Waals surface area contributed by atoms with Gasteiger partial charge in [0.05, 0.1) is 11.9 Å². The van der Waals surface area contributed by atoms with E-state index >= 15 is 0 Å². The molecular weight excluding hydrogens is 438 g/mol. The molecule has 2 aromatic rings. The van der Waals surface area contributed by atoms with Gasteiger partial charge in [-0.05, 0) is 43.2 Å². The number of carbonyl (C=O) groups excluding carboxylic acids is 2. The summed E-state index contributed by atoms with van der Waals surface area (Å²) in [5.41, 5.74) is 1.17. The lowest BCUT2D eigenvalue weighted by atomic mass is 10.1. The van der Waals surface area contributed by atoms with Gasteiger partial charge >= 0.3 is 0 Å². The minimum atomic E-state index is -3.72. The normalized spacial score (nSPS) is 12.1. The molecule has 0 saturated carbocycles. The van der Waals surface area contributed by atoms with Crippen LogP contribution in [0.2, 0.25) is 5.02 Å². The maximum atomic E-state index is 13.4. The molecular formula is C22H28ClN3O4S. The first kappa shape index (κ1) is 24.7. The van der Waals surface area contributed by atoms with Crippen molar-refractivity contribution in [2.45, 2.75) is 32.9 Å². The standard InChI is InChI=1S/C22H28ClN3O4S/c1-4-20(22(28)24-5-2)25(15-17-11-13-18(23)14-12-17)21(27)16-26(31(3,29)30)19-9-7-6-8-10-19/h6-14,20H,4-5,15-16H2,1-3H3,(H,24,28). The Balaban J connectivity index is 2.39. The fraction of sp³-hybridized carbons (Fsp3) is 0.364. The summed E-state index contributed by atoms with van der Waals surface area (Å²) in [6.07, 6.45) is 1.44. The Morgan fingerprint density at radius 1 is 1.03 bits per heavy atom. The lowest BCUT2D eigenvalue weighted by molar-refractivity contribution is -0.140. The van der Waals surface area contributed by atoms with Gasteiger partial charge in [0.15, 0.2) is 0 Å². The fourth-order valence-electron chi connectivity index (χ4n) is 3.21. The third kappa shape index (κ3) is 6.97. The number of halogens is 1. The molecule has 0 aliphatic heterocycles. The molecule has 168 valence electrons. The topological polar surface area (TPSA) is 86.8 Å². The summed E-state index contributed by atoms with van der Waals surface area (Å²) in [6, 6.07) is 14.6. The maximum absolute atomic E-state index is 13.4. The number of hydrogen-bond donors (Lipinski definition) is 1. The molecule has 2 rings (SSSR count). The minimum absolute atomic E-state index is 0.151. The van der Waals surface area contributed by atoms with E-state index < -0.39 is 28.5 Å². The van der Waals surface area contributed by atoms with Crippen molar-refractivity contribution in [2.24, 2.45) is 0 Å². The van der Waals surface area contributed by atoms with Gasteiger partial charge in [0.1, 0.15) is 12.6 Å². The van der Waals surface area contributed by atoms with Gasteiger partial charge in [-0.3, -0.25) is 13.9 Å². The molecule has 0 aliphatic rings. The zero-order chi connectivity index (χ0) is 23.0. The number of carbonyl (C=O) groups is 2. The number of amides is 2. The van der Waals surface area contributed by atoms with Gasteiger partial charge in [0.2, 0.25) is 21.8 Å². The Kier molecular flexibility index (Phi) is 8.88. The Hall–Kier alpha value is -2.58. The quantitative estimate of drug-likeness (QED) is 0.584. The number of hydrogen-bond acceptors (Lipinski definition) is 4. The molecule has 1 N–H and O–H groups in total. The van der Waals surface area contributed by atoms with E-state index in [2.05, 4.69) is 5.32 Å². The highest BCUT2D eigenvalue weighted by molar-refractivity contribution is 7.92. The van der Waals surface area contributed by atoms with Crippen LogP contribution in [-0.2, 0) is 26.2 Å². The van der Waals surface area contributed by atoms with Crippen LogP contribution < -0.4 is 9.62 Å². The second-order valence-electron chi connectivity index (χ2n) is 7.07. The Bertz CT molecular complexity index is 982. The lowest BCUT2D eigenvalue weighted by Crippen LogP contribution is -2.52. The molecule has 0 spiro atoms. The average molecular weight is 466 g/mol. The molecule has 0 aromatic heterocycles. The number of likely N-dealkylation sites (N-methyl/N-ethyl adjacent to an activating group) is 1. The van der Waals surface area contributed by atoms with E-state index in [1.807, 2.05) is 6.92 Å². The van der Waals surface area contributed by atoms with Crippen molar-refractivity contribution in [3.05, 3.63) is 65.2 Å². The van der Waals surface area contributed by atoms with E-state index in [1.54, 1.807) is 61.5 Å². The van der Waals surface area contributed by atoms with E-state index in [-0.39, 0.29) is 12.5 Å². The van der Waals surface area contributed by atoms with Crippen LogP contribution in [0.4, 0.5) is 5.69 Å². The highest BCUT2D eigenvalue weighted by atomic mass is 35.5. The molecule has 2 aromatic carbocycles. The maximum Gasteiger partial charge on any atom is 0.244 e. The Labute approximate surface area is 189 Å². The summed E-state index contributed by atoms with van der Waals surface area (Å²) < 4.78 is 25.9. The summed E-state index contributed by atoms with van der Waals surface area (Å²) in [6.45, 7) is 3.78. The van der Waals surface area contributed by atoms with E-state index in [1.165, 1.54) is 4.90 Å². The number of para-hydroxylation sites is 1. The van der Waals surface area contributed by atoms with Crippen molar-refractivity contribution in [2.75, 3.05) is 23.7 Å². The predicted molar refractivity (Wildman–Crippen MR) is 123 cm³/mol. The SMILES string of the molecule is CCNC(=O)C(CC)N(Cc1ccc(Cl)cc1)C(=O)CN(c1ccccc1)S(C)(=O)=O. The highest BCUT2D eigenvalue weighted by Crippen LogP contribution is 2.20. The van der Waals surface area contributed by atoms with E-state index in [9.17, 15) is 18.0 Å². The van der Waals surface area contributed by atoms with Gasteiger partial charge in [0.25, 0.3) is 0 Å². The van der Waals surface area contributed by atoms with E-state index in [0.717, 1.165) is 16.1 Å². The van der Waals surface area contributed by atoms with Crippen LogP contribution in [0.1, 0.15) is 25.8 Å². The van der Waals surface area contributed by atoms with Gasteiger partial charge in [-0.1, -0.05) is 48.9 Å². The Morgan fingerprint density at radius 3 is 2.16 bits per heavy atom. The number of benzene rings is 2. The summed E-state index contributed by atoms with van der Waals surface area (Å²) >= 11 is 5.96. The fourth-order valence-corrected chi connectivity index (χ4v) is 4.18. The van der Waals surface area contributed by atoms with Crippen LogP contribution >= 0.6 is 11.6 Å². The molecule has 2 amide bonds. The van der Waals surface area contributed by atoms with Gasteiger partial charge < -0.3 is 10.2 Å². The molecule has 7 nitrogen and oxygen atoms in total. The predicted octanol–water partition coefficient (Wildman–Crippen LogP) is 3.05. The van der Waals surface area contributed by atoms with Crippen LogP contribution in [-0.4, -0.2) is 50.5 Å². The highest BCUT2D eigenvalue weighted by Gasteiger charge is 2.31. The first-order valence-electron chi connectivity index (χ1n) is 10.0. The summed E-state index contributed by atoms with van der Waals surface area (Å²) in [5.74, 6) is -0.750. The molecule has 1 atom stereocenters. The zero-order valence-electron chi connectivity index (χ0n) is 17.9. The van der Waals surface area contributed by atoms with Crippen LogP contribution in [0.5, 0.6) is 0 Å². The molecule has 1 unspecified atom stereocenters. The largest absolute Gasteiger partial charge is 0.355 e. The third-order valence-corrected chi connectivity index (χ3v) is 6.12. The van der Waals surface area contributed by atoms with Crippen LogP contribution in [0, 0.1) is 0 Å². The Morgan fingerprint density at radius 2 is 1.65 bits per heavy atom. The third-order valence-electron chi connectivity index (χ3n) is 4.73. The first-order chi connectivity index (χ1) is 14.7. The molecule has 31 heavy (non-hydrogen) atoms. The van der Waals surface area contributed by atoms with Crippen LogP contribution in [0.15, 0.2) is 54.6 Å². The minimum Gasteiger partial charge on any atom is -0.355 e. The zero-order valence-corrected chi connectivity index (χ0v) is 19.5. The van der Waals surface area contributed by atoms with E-state index in [4.69, 9.17) is 11.6 Å². The van der Waals surface area contributed by atoms with Crippen LogP contribution in [0.25, 0.3) is 0 Å². The van der Waals surface area contributed by atoms with Crippen molar-refractivity contribution in [1.29, 1.82) is 0 Å². The average Bonchev–Trinajstić information content (AvgIpc) is 2.73. The summed E-state index contributed by atoms with van der Waals surface area (Å²) in [5, 5.41) is 3.32. The van der Waals surface area contributed by atoms with Gasteiger partial charge in [0, 0.05) is 18.1 Å². The molecule has 9 heteroatoms. The number of nitrogens with zero attached hydrogens (tertiary/aromatic N) is 2. The molecule has 0 aliphatic carbocycles. The smallest absolute Gasteiger partial charge is 0.244 e. The molecule has 0 heterocycles. The molecule has 0 bridgehead atoms. The van der Waals surface area contributed by atoms with Crippen molar-refractivity contribution in [3.8, 4) is 0 Å². The number of sulfonamides is 1. The number of anilines is 1. The van der Waals surface area contributed by atoms with Gasteiger partial charge in [-0.25, -0.2) is 8.42 Å². The van der Waals surface area contributed by atoms with Gasteiger partial charge in [-0.15, -0.1) is 0 Å². The molecule has 0 radical (unpaired) electrons. The first-order valence-corrected chi connectivity index (χ1v) is 12.2. The second-order valence-corrected chi connectivity index (χ2v) is 9.42. The van der Waals surface area contributed by atoms with Crippen molar-refractivity contribution in [3.63, 3.8) is 0 Å². The molecule has 0 fully saturated rings. The van der Waals surface area contributed by atoms with Crippen molar-refractivity contribution in [1.82, 2.24) is 10.2 Å². The van der Waals surface area contributed by atoms with Gasteiger partial charge in [-0.2, -0.15) is 0 Å². The summed E-state index contributed by atoms with van der Waals surface area (Å²) in [4.78, 5) is 27.5.